The molecule has 0 aliphatic carbocycles. The number of aromatic nitrogens is 2. The number of carboxylic acid groups (broad SMARTS) is 1. The smallest absolute Gasteiger partial charge is 0.330 e. The first kappa shape index (κ1) is 12.9. The van der Waals surface area contributed by atoms with Crippen LogP contribution >= 0.6 is 11.8 Å². The summed E-state index contributed by atoms with van der Waals surface area (Å²) in [6.07, 6.45) is 0.454. The van der Waals surface area contributed by atoms with E-state index in [1.54, 1.807) is 20.0 Å². The average molecular weight is 269 g/mol. The summed E-state index contributed by atoms with van der Waals surface area (Å²) in [5, 5.41) is 16.0. The maximum atomic E-state index is 12.1. The largest absolute Gasteiger partial charge is 0.479 e. The van der Waals surface area contributed by atoms with Crippen LogP contribution in [0.3, 0.4) is 0 Å². The standard InChI is InChI=1S/C11H15N3O3S/c1-7-5-8(14(2)13-7)9(15)12-11(10(16)17)3-4-18-6-11/h5H,3-4,6H2,1-2H3,(H,12,15)(H,16,17)/t11-/m1/s1. The van der Waals surface area contributed by atoms with E-state index in [-0.39, 0.29) is 5.91 Å². The average Bonchev–Trinajstić information content (AvgIpc) is 2.86. The lowest BCUT2D eigenvalue weighted by Crippen LogP contribution is -2.55. The fraction of sp³-hybridized carbons (Fsp3) is 0.545. The van der Waals surface area contributed by atoms with Crippen LogP contribution in [0.25, 0.3) is 0 Å². The minimum atomic E-state index is -1.14. The van der Waals surface area contributed by atoms with Crippen molar-refractivity contribution in [3.05, 3.63) is 17.5 Å². The molecule has 7 heteroatoms. The van der Waals surface area contributed by atoms with Crippen LogP contribution in [0, 0.1) is 6.92 Å². The predicted molar refractivity (Wildman–Crippen MR) is 67.7 cm³/mol. The molecule has 1 aromatic rings. The minimum absolute atomic E-state index is 0.380. The van der Waals surface area contributed by atoms with Gasteiger partial charge in [0.25, 0.3) is 5.91 Å². The van der Waals surface area contributed by atoms with E-state index in [1.165, 1.54) is 16.4 Å². The van der Waals surface area contributed by atoms with Crippen molar-refractivity contribution in [3.63, 3.8) is 0 Å². The summed E-state index contributed by atoms with van der Waals surface area (Å²) in [6.45, 7) is 1.79. The summed E-state index contributed by atoms with van der Waals surface area (Å²) >= 11 is 1.54. The molecule has 1 aliphatic rings. The summed E-state index contributed by atoms with van der Waals surface area (Å²) in [7, 11) is 1.67. The second kappa shape index (κ2) is 4.64. The van der Waals surface area contributed by atoms with Gasteiger partial charge in [0.15, 0.2) is 0 Å². The second-order valence-electron chi connectivity index (χ2n) is 4.44. The highest BCUT2D eigenvalue weighted by Gasteiger charge is 2.43. The monoisotopic (exact) mass is 269 g/mol. The number of carbonyl (C=O) groups excluding carboxylic acids is 1. The molecule has 1 fully saturated rings. The molecule has 1 amide bonds. The number of carbonyl (C=O) groups is 2. The third kappa shape index (κ3) is 2.22. The summed E-state index contributed by atoms with van der Waals surface area (Å²) in [5.74, 6) is -0.204. The number of rotatable bonds is 3. The highest BCUT2D eigenvalue weighted by molar-refractivity contribution is 7.99. The van der Waals surface area contributed by atoms with Crippen molar-refractivity contribution in [1.82, 2.24) is 15.1 Å². The molecule has 98 valence electrons. The number of thioether (sulfide) groups is 1. The molecular formula is C11H15N3O3S. The molecule has 0 aromatic carbocycles. The van der Waals surface area contributed by atoms with Gasteiger partial charge in [0.05, 0.1) is 5.69 Å². The van der Waals surface area contributed by atoms with E-state index in [0.29, 0.717) is 17.9 Å². The summed E-state index contributed by atoms with van der Waals surface area (Å²) in [6, 6.07) is 1.65. The van der Waals surface area contributed by atoms with Gasteiger partial charge < -0.3 is 10.4 Å². The van der Waals surface area contributed by atoms with Gasteiger partial charge >= 0.3 is 5.97 Å². The quantitative estimate of drug-likeness (QED) is 0.830. The van der Waals surface area contributed by atoms with Crippen molar-refractivity contribution in [1.29, 1.82) is 0 Å². The molecule has 0 unspecified atom stereocenters. The Morgan fingerprint density at radius 3 is 2.78 bits per heavy atom. The molecule has 0 bridgehead atoms. The zero-order valence-electron chi connectivity index (χ0n) is 10.3. The molecule has 2 heterocycles. The van der Waals surface area contributed by atoms with Crippen molar-refractivity contribution in [2.45, 2.75) is 18.9 Å². The van der Waals surface area contributed by atoms with Crippen LogP contribution in [0.4, 0.5) is 0 Å². The summed E-state index contributed by atoms with van der Waals surface area (Å²) < 4.78 is 1.46. The third-order valence-corrected chi connectivity index (χ3v) is 4.21. The molecule has 2 N–H and O–H groups in total. The van der Waals surface area contributed by atoms with Gasteiger partial charge in [0.1, 0.15) is 11.2 Å². The molecule has 1 saturated heterocycles. The number of nitrogens with zero attached hydrogens (tertiary/aromatic N) is 2. The lowest BCUT2D eigenvalue weighted by molar-refractivity contribution is -0.143. The van der Waals surface area contributed by atoms with Gasteiger partial charge in [0, 0.05) is 12.8 Å². The van der Waals surface area contributed by atoms with Gasteiger partial charge in [-0.1, -0.05) is 0 Å². The fourth-order valence-electron chi connectivity index (χ4n) is 1.99. The maximum absolute atomic E-state index is 12.1. The Morgan fingerprint density at radius 1 is 1.61 bits per heavy atom. The topological polar surface area (TPSA) is 84.2 Å². The van der Waals surface area contributed by atoms with Crippen molar-refractivity contribution >= 4 is 23.6 Å². The van der Waals surface area contributed by atoms with E-state index in [9.17, 15) is 14.7 Å². The molecule has 1 atom stereocenters. The van der Waals surface area contributed by atoms with E-state index in [4.69, 9.17) is 0 Å². The number of carboxylic acids is 1. The normalized spacial score (nSPS) is 23.0. The van der Waals surface area contributed by atoms with Gasteiger partial charge in [0.2, 0.25) is 0 Å². The number of hydrogen-bond donors (Lipinski definition) is 2. The first-order valence-electron chi connectivity index (χ1n) is 5.59. The highest BCUT2D eigenvalue weighted by atomic mass is 32.2. The first-order valence-corrected chi connectivity index (χ1v) is 6.74. The number of nitrogens with one attached hydrogen (secondary N) is 1. The van der Waals surface area contributed by atoms with Crippen LogP contribution in [0.15, 0.2) is 6.07 Å². The Labute approximate surface area is 109 Å². The lowest BCUT2D eigenvalue weighted by atomic mass is 9.99. The molecule has 0 spiro atoms. The van der Waals surface area contributed by atoms with Crippen molar-refractivity contribution in [3.8, 4) is 0 Å². The van der Waals surface area contributed by atoms with Crippen LogP contribution in [0.5, 0.6) is 0 Å². The molecular weight excluding hydrogens is 254 g/mol. The Morgan fingerprint density at radius 2 is 2.33 bits per heavy atom. The van der Waals surface area contributed by atoms with Crippen LogP contribution in [-0.4, -0.2) is 43.8 Å². The van der Waals surface area contributed by atoms with Crippen molar-refractivity contribution < 1.29 is 14.7 Å². The number of hydrogen-bond acceptors (Lipinski definition) is 4. The van der Waals surface area contributed by atoms with Gasteiger partial charge in [-0.25, -0.2) is 4.79 Å². The van der Waals surface area contributed by atoms with E-state index in [2.05, 4.69) is 10.4 Å². The fourth-order valence-corrected chi connectivity index (χ4v) is 3.32. The van der Waals surface area contributed by atoms with Crippen LogP contribution < -0.4 is 5.32 Å². The SMILES string of the molecule is Cc1cc(C(=O)N[C@]2(C(=O)O)CCSC2)n(C)n1. The minimum Gasteiger partial charge on any atom is -0.479 e. The summed E-state index contributed by atoms with van der Waals surface area (Å²) in [4.78, 5) is 23.4. The highest BCUT2D eigenvalue weighted by Crippen LogP contribution is 2.28. The zero-order valence-corrected chi connectivity index (χ0v) is 11.1. The van der Waals surface area contributed by atoms with Crippen LogP contribution in [-0.2, 0) is 11.8 Å². The van der Waals surface area contributed by atoms with Crippen LogP contribution in [0.2, 0.25) is 0 Å². The number of aliphatic carboxylic acids is 1. The van der Waals surface area contributed by atoms with E-state index < -0.39 is 11.5 Å². The number of amides is 1. The molecule has 0 radical (unpaired) electrons. The lowest BCUT2D eigenvalue weighted by Gasteiger charge is -2.24. The van der Waals surface area contributed by atoms with E-state index >= 15 is 0 Å². The zero-order chi connectivity index (χ0) is 13.3. The molecule has 1 aromatic heterocycles. The Hall–Kier alpha value is -1.50. The molecule has 6 nitrogen and oxygen atoms in total. The molecule has 1 aliphatic heterocycles. The molecule has 2 rings (SSSR count). The Kier molecular flexibility index (Phi) is 3.34. The number of aryl methyl sites for hydroxylation is 2. The maximum Gasteiger partial charge on any atom is 0.330 e. The third-order valence-electron chi connectivity index (χ3n) is 3.02. The van der Waals surface area contributed by atoms with Crippen LogP contribution in [0.1, 0.15) is 22.6 Å². The van der Waals surface area contributed by atoms with Crippen molar-refractivity contribution in [2.75, 3.05) is 11.5 Å². The van der Waals surface area contributed by atoms with E-state index in [0.717, 1.165) is 11.4 Å². The second-order valence-corrected chi connectivity index (χ2v) is 5.54. The summed E-state index contributed by atoms with van der Waals surface area (Å²) in [5.41, 5.74) is -0.0298. The van der Waals surface area contributed by atoms with Gasteiger partial charge in [-0.3, -0.25) is 9.48 Å². The van der Waals surface area contributed by atoms with Gasteiger partial charge in [-0.15, -0.1) is 0 Å². The van der Waals surface area contributed by atoms with E-state index in [1.807, 2.05) is 0 Å². The molecule has 0 saturated carbocycles. The first-order chi connectivity index (χ1) is 8.44. The predicted octanol–water partition coefficient (Wildman–Crippen LogP) is 0.419. The Bertz CT molecular complexity index is 492. The van der Waals surface area contributed by atoms with Crippen molar-refractivity contribution in [2.24, 2.45) is 7.05 Å². The molecule has 18 heavy (non-hydrogen) atoms. The van der Waals surface area contributed by atoms with Gasteiger partial charge in [-0.05, 0) is 25.2 Å². The Balaban J connectivity index is 2.20. The van der Waals surface area contributed by atoms with Gasteiger partial charge in [-0.2, -0.15) is 16.9 Å².